The van der Waals surface area contributed by atoms with Gasteiger partial charge in [-0.1, -0.05) is 6.07 Å². The number of benzene rings is 1. The lowest BCUT2D eigenvalue weighted by Gasteiger charge is -2.15. The number of hydrogen-bond acceptors (Lipinski definition) is 4. The predicted octanol–water partition coefficient (Wildman–Crippen LogP) is 2.24. The maximum Gasteiger partial charge on any atom is 0.267 e. The van der Waals surface area contributed by atoms with E-state index < -0.39 is 15.9 Å². The summed E-state index contributed by atoms with van der Waals surface area (Å²) in [5, 5.41) is 4.12. The average molecular weight is 385 g/mol. The molecule has 1 fully saturated rings. The quantitative estimate of drug-likeness (QED) is 0.856. The van der Waals surface area contributed by atoms with Gasteiger partial charge in [0.15, 0.2) is 0 Å². The third kappa shape index (κ3) is 3.08. The van der Waals surface area contributed by atoms with Gasteiger partial charge in [0.05, 0.1) is 18.7 Å². The molecule has 27 heavy (non-hydrogen) atoms. The highest BCUT2D eigenvalue weighted by Gasteiger charge is 2.29. The van der Waals surface area contributed by atoms with E-state index in [2.05, 4.69) is 15.9 Å². The summed E-state index contributed by atoms with van der Waals surface area (Å²) in [6.45, 7) is 0. The van der Waals surface area contributed by atoms with Crippen molar-refractivity contribution in [2.24, 2.45) is 0 Å². The number of aryl methyl sites for hydroxylation is 2. The van der Waals surface area contributed by atoms with Crippen LogP contribution in [0.3, 0.4) is 0 Å². The van der Waals surface area contributed by atoms with E-state index in [4.69, 9.17) is 0 Å². The molecular weight excluding hydrogens is 362 g/mol. The second kappa shape index (κ2) is 6.19. The minimum absolute atomic E-state index is 0.0614. The summed E-state index contributed by atoms with van der Waals surface area (Å²) >= 11 is 0. The third-order valence-corrected chi connectivity index (χ3v) is 7.32. The predicted molar refractivity (Wildman–Crippen MR) is 100 cm³/mol. The summed E-state index contributed by atoms with van der Waals surface area (Å²) < 4.78 is 29.1. The zero-order valence-electron chi connectivity index (χ0n) is 15.2. The largest absolute Gasteiger partial charge is 0.274 e. The first-order chi connectivity index (χ1) is 13.0. The number of carbonyl (C=O) groups is 1. The first kappa shape index (κ1) is 17.0. The zero-order chi connectivity index (χ0) is 18.6. The van der Waals surface area contributed by atoms with Crippen LogP contribution in [0.4, 0.5) is 0 Å². The van der Waals surface area contributed by atoms with Gasteiger partial charge in [-0.3, -0.25) is 9.48 Å². The first-order valence-corrected chi connectivity index (χ1v) is 11.2. The lowest BCUT2D eigenvalue weighted by molar-refractivity contribution is -0.118. The van der Waals surface area contributed by atoms with Crippen molar-refractivity contribution in [2.75, 3.05) is 0 Å². The van der Waals surface area contributed by atoms with Gasteiger partial charge in [-0.15, -0.1) is 0 Å². The van der Waals surface area contributed by atoms with Crippen molar-refractivity contribution < 1.29 is 13.2 Å². The molecule has 3 aliphatic carbocycles. The molecule has 1 amide bonds. The van der Waals surface area contributed by atoms with Crippen LogP contribution in [0.25, 0.3) is 0 Å². The van der Waals surface area contributed by atoms with Crippen LogP contribution in [0.15, 0.2) is 23.4 Å². The van der Waals surface area contributed by atoms with E-state index in [1.807, 2.05) is 0 Å². The number of sulfonamides is 1. The van der Waals surface area contributed by atoms with Crippen molar-refractivity contribution in [1.82, 2.24) is 14.5 Å². The number of amides is 1. The second-order valence-electron chi connectivity index (χ2n) is 7.93. The van der Waals surface area contributed by atoms with Crippen LogP contribution < -0.4 is 4.72 Å². The fraction of sp³-hybridized carbons (Fsp3) is 0.500. The lowest BCUT2D eigenvalue weighted by atomic mass is 9.92. The van der Waals surface area contributed by atoms with Crippen LogP contribution in [0.1, 0.15) is 59.5 Å². The van der Waals surface area contributed by atoms with Gasteiger partial charge in [0.2, 0.25) is 5.91 Å². The molecule has 1 saturated carbocycles. The summed E-state index contributed by atoms with van der Waals surface area (Å²) in [5.74, 6) is -0.455. The Kier molecular flexibility index (Phi) is 3.89. The number of rotatable bonds is 5. The SMILES string of the molecule is O=C(Cc1c2c(cc3c1CCC3)CCC2)NS(=O)(=O)c1cnn(C2CC2)c1. The monoisotopic (exact) mass is 385 g/mol. The van der Waals surface area contributed by atoms with Gasteiger partial charge in [0.25, 0.3) is 10.0 Å². The van der Waals surface area contributed by atoms with Gasteiger partial charge in [-0.05, 0) is 79.2 Å². The molecule has 3 aliphatic rings. The standard InChI is InChI=1S/C20H23N3O3S/c24-20(22-27(25,26)16-11-21-23(12-16)15-7-8-15)10-19-17-5-1-3-13(17)9-14-4-2-6-18(14)19/h9,11-12,15H,1-8,10H2,(H,22,24). The van der Waals surface area contributed by atoms with Crippen molar-refractivity contribution in [3.8, 4) is 0 Å². The van der Waals surface area contributed by atoms with Crippen LogP contribution >= 0.6 is 0 Å². The van der Waals surface area contributed by atoms with Gasteiger partial charge in [0.1, 0.15) is 4.90 Å². The van der Waals surface area contributed by atoms with Gasteiger partial charge in [-0.2, -0.15) is 5.10 Å². The molecule has 1 N–H and O–H groups in total. The van der Waals surface area contributed by atoms with Crippen LogP contribution in [-0.2, 0) is 46.9 Å². The highest BCUT2D eigenvalue weighted by atomic mass is 32.2. The summed E-state index contributed by atoms with van der Waals surface area (Å²) in [4.78, 5) is 12.7. The molecule has 0 unspecified atom stereocenters. The summed E-state index contributed by atoms with van der Waals surface area (Å²) in [6.07, 6.45) is 11.4. The molecule has 0 aliphatic heterocycles. The van der Waals surface area contributed by atoms with E-state index in [9.17, 15) is 13.2 Å². The molecule has 0 atom stereocenters. The van der Waals surface area contributed by atoms with E-state index in [0.717, 1.165) is 56.9 Å². The highest BCUT2D eigenvalue weighted by Crippen LogP contribution is 2.36. The van der Waals surface area contributed by atoms with E-state index in [0.29, 0.717) is 6.04 Å². The summed E-state index contributed by atoms with van der Waals surface area (Å²) in [7, 11) is -3.88. The molecule has 142 valence electrons. The number of nitrogens with one attached hydrogen (secondary N) is 1. The van der Waals surface area contributed by atoms with Crippen LogP contribution in [0.2, 0.25) is 0 Å². The van der Waals surface area contributed by atoms with Crippen LogP contribution in [0.5, 0.6) is 0 Å². The molecule has 5 rings (SSSR count). The topological polar surface area (TPSA) is 81.1 Å². The van der Waals surface area contributed by atoms with E-state index in [1.165, 1.54) is 34.6 Å². The van der Waals surface area contributed by atoms with Gasteiger partial charge >= 0.3 is 0 Å². The van der Waals surface area contributed by atoms with Crippen LogP contribution in [-0.4, -0.2) is 24.1 Å². The van der Waals surface area contributed by atoms with Gasteiger partial charge in [-0.25, -0.2) is 13.1 Å². The molecule has 1 aromatic heterocycles. The highest BCUT2D eigenvalue weighted by molar-refractivity contribution is 7.90. The Morgan fingerprint density at radius 2 is 1.78 bits per heavy atom. The smallest absolute Gasteiger partial charge is 0.267 e. The molecule has 7 heteroatoms. The fourth-order valence-corrected chi connectivity index (χ4v) is 5.47. The minimum atomic E-state index is -3.88. The Balaban J connectivity index is 1.38. The molecule has 0 bridgehead atoms. The van der Waals surface area contributed by atoms with Crippen molar-refractivity contribution in [2.45, 2.75) is 68.7 Å². The minimum Gasteiger partial charge on any atom is -0.274 e. The molecule has 1 heterocycles. The molecule has 6 nitrogen and oxygen atoms in total. The number of carbonyl (C=O) groups excluding carboxylic acids is 1. The van der Waals surface area contributed by atoms with Crippen molar-refractivity contribution in [3.05, 3.63) is 46.3 Å². The van der Waals surface area contributed by atoms with Gasteiger partial charge in [0, 0.05) is 6.20 Å². The lowest BCUT2D eigenvalue weighted by Crippen LogP contribution is -2.32. The molecule has 0 saturated heterocycles. The third-order valence-electron chi connectivity index (χ3n) is 5.99. The number of hydrogen-bond donors (Lipinski definition) is 1. The van der Waals surface area contributed by atoms with Gasteiger partial charge < -0.3 is 0 Å². The van der Waals surface area contributed by atoms with Crippen molar-refractivity contribution in [3.63, 3.8) is 0 Å². The molecular formula is C20H23N3O3S. The Bertz CT molecular complexity index is 1000. The van der Waals surface area contributed by atoms with E-state index >= 15 is 0 Å². The second-order valence-corrected chi connectivity index (χ2v) is 9.61. The summed E-state index contributed by atoms with van der Waals surface area (Å²) in [5.41, 5.74) is 6.35. The van der Waals surface area contributed by atoms with E-state index in [1.54, 1.807) is 4.68 Å². The summed E-state index contributed by atoms with van der Waals surface area (Å²) in [6, 6.07) is 2.62. The van der Waals surface area contributed by atoms with E-state index in [-0.39, 0.29) is 11.3 Å². The maximum absolute atomic E-state index is 12.6. The Morgan fingerprint density at radius 3 is 2.41 bits per heavy atom. The Morgan fingerprint density at radius 1 is 1.11 bits per heavy atom. The Labute approximate surface area is 159 Å². The van der Waals surface area contributed by atoms with Crippen molar-refractivity contribution >= 4 is 15.9 Å². The number of fused-ring (bicyclic) bond motifs is 2. The Hall–Kier alpha value is -2.15. The molecule has 1 aromatic carbocycles. The van der Waals surface area contributed by atoms with Crippen LogP contribution in [0, 0.1) is 0 Å². The first-order valence-electron chi connectivity index (χ1n) is 9.76. The molecule has 0 spiro atoms. The zero-order valence-corrected chi connectivity index (χ0v) is 16.0. The van der Waals surface area contributed by atoms with Crippen molar-refractivity contribution in [1.29, 1.82) is 0 Å². The maximum atomic E-state index is 12.6. The number of nitrogens with zero attached hydrogens (tertiary/aromatic N) is 2. The average Bonchev–Trinajstić information content (AvgIpc) is 3.05. The molecule has 0 radical (unpaired) electrons. The fourth-order valence-electron chi connectivity index (χ4n) is 4.55. The molecule has 2 aromatic rings. The number of aromatic nitrogens is 2. The normalized spacial score (nSPS) is 18.4.